The molecule has 0 aliphatic carbocycles. The number of pyridine rings is 1. The molecule has 1 atom stereocenters. The summed E-state index contributed by atoms with van der Waals surface area (Å²) in [4.78, 5) is 15.3. The van der Waals surface area contributed by atoms with Crippen molar-refractivity contribution in [2.45, 2.75) is 33.4 Å². The van der Waals surface area contributed by atoms with Crippen molar-refractivity contribution in [3.05, 3.63) is 23.5 Å². The van der Waals surface area contributed by atoms with Crippen molar-refractivity contribution in [1.82, 2.24) is 10.3 Å². The maximum atomic E-state index is 11.0. The molecule has 1 rings (SSSR count). The van der Waals surface area contributed by atoms with Crippen molar-refractivity contribution in [2.75, 3.05) is 6.54 Å². The van der Waals surface area contributed by atoms with Gasteiger partial charge in [0.25, 0.3) is 5.91 Å². The molecule has 1 unspecified atom stereocenters. The van der Waals surface area contributed by atoms with Crippen LogP contribution >= 0.6 is 0 Å². The van der Waals surface area contributed by atoms with E-state index in [1.165, 1.54) is 0 Å². The van der Waals surface area contributed by atoms with Crippen LogP contribution in [0, 0.1) is 6.92 Å². The van der Waals surface area contributed by atoms with Gasteiger partial charge in [-0.2, -0.15) is 0 Å². The standard InChI is InChI=1S/C12H19N3O2/c1-4-14-7-10-11(6-5-8(2)15-10)17-9(3)12(13)16/h5-6,9,14H,4,7H2,1-3H3,(H2,13,16). The van der Waals surface area contributed by atoms with Gasteiger partial charge < -0.3 is 15.8 Å². The summed E-state index contributed by atoms with van der Waals surface area (Å²) in [5.41, 5.74) is 6.87. The van der Waals surface area contributed by atoms with Crippen LogP contribution in [0.5, 0.6) is 5.75 Å². The predicted molar refractivity (Wildman–Crippen MR) is 65.6 cm³/mol. The first-order chi connectivity index (χ1) is 8.04. The molecule has 0 aliphatic heterocycles. The molecular weight excluding hydrogens is 218 g/mol. The SMILES string of the molecule is CCNCc1nc(C)ccc1OC(C)C(N)=O. The number of amides is 1. The zero-order valence-corrected chi connectivity index (χ0v) is 10.5. The number of nitrogens with zero attached hydrogens (tertiary/aromatic N) is 1. The number of hydrogen-bond donors (Lipinski definition) is 2. The third-order valence-corrected chi connectivity index (χ3v) is 2.32. The predicted octanol–water partition coefficient (Wildman–Crippen LogP) is 0.752. The molecule has 0 bridgehead atoms. The number of ether oxygens (including phenoxy) is 1. The molecular formula is C12H19N3O2. The molecule has 0 spiro atoms. The van der Waals surface area contributed by atoms with Gasteiger partial charge in [-0.05, 0) is 32.5 Å². The van der Waals surface area contributed by atoms with Crippen LogP contribution in [0.1, 0.15) is 25.2 Å². The topological polar surface area (TPSA) is 77.2 Å². The number of carbonyl (C=O) groups excluding carboxylic acids is 1. The zero-order chi connectivity index (χ0) is 12.8. The molecule has 0 saturated heterocycles. The average molecular weight is 237 g/mol. The first kappa shape index (κ1) is 13.4. The molecule has 0 aliphatic rings. The lowest BCUT2D eigenvalue weighted by Crippen LogP contribution is -2.31. The minimum atomic E-state index is -0.653. The van der Waals surface area contributed by atoms with Gasteiger partial charge in [0.15, 0.2) is 6.10 Å². The van der Waals surface area contributed by atoms with E-state index in [1.54, 1.807) is 6.92 Å². The van der Waals surface area contributed by atoms with Crippen molar-refractivity contribution in [3.63, 3.8) is 0 Å². The van der Waals surface area contributed by atoms with Gasteiger partial charge >= 0.3 is 0 Å². The van der Waals surface area contributed by atoms with Gasteiger partial charge in [-0.3, -0.25) is 9.78 Å². The summed E-state index contributed by atoms with van der Waals surface area (Å²) in [5, 5.41) is 3.18. The van der Waals surface area contributed by atoms with Crippen molar-refractivity contribution in [1.29, 1.82) is 0 Å². The quantitative estimate of drug-likeness (QED) is 0.765. The van der Waals surface area contributed by atoms with E-state index in [1.807, 2.05) is 26.0 Å². The number of hydrogen-bond acceptors (Lipinski definition) is 4. The van der Waals surface area contributed by atoms with E-state index in [-0.39, 0.29) is 0 Å². The third kappa shape index (κ3) is 4.03. The largest absolute Gasteiger partial charge is 0.479 e. The highest BCUT2D eigenvalue weighted by Gasteiger charge is 2.13. The summed E-state index contributed by atoms with van der Waals surface area (Å²) in [5.74, 6) is 0.114. The molecule has 5 nitrogen and oxygen atoms in total. The molecule has 0 aromatic carbocycles. The van der Waals surface area contributed by atoms with Crippen LogP contribution in [-0.4, -0.2) is 23.5 Å². The Hall–Kier alpha value is -1.62. The molecule has 1 aromatic heterocycles. The molecule has 1 heterocycles. The highest BCUT2D eigenvalue weighted by molar-refractivity contribution is 5.78. The maximum Gasteiger partial charge on any atom is 0.258 e. The van der Waals surface area contributed by atoms with Gasteiger partial charge in [0.1, 0.15) is 5.75 Å². The van der Waals surface area contributed by atoms with Gasteiger partial charge in [0, 0.05) is 12.2 Å². The highest BCUT2D eigenvalue weighted by Crippen LogP contribution is 2.18. The molecule has 0 fully saturated rings. The maximum absolute atomic E-state index is 11.0. The Bertz CT molecular complexity index is 393. The minimum absolute atomic E-state index is 0.486. The van der Waals surface area contributed by atoms with Crippen molar-refractivity contribution < 1.29 is 9.53 Å². The molecule has 94 valence electrons. The first-order valence-electron chi connectivity index (χ1n) is 5.67. The number of aryl methyl sites for hydroxylation is 1. The Morgan fingerprint density at radius 2 is 2.29 bits per heavy atom. The van der Waals surface area contributed by atoms with Gasteiger partial charge in [0.05, 0.1) is 5.69 Å². The van der Waals surface area contributed by atoms with E-state index in [4.69, 9.17) is 10.5 Å². The normalized spacial score (nSPS) is 12.2. The fourth-order valence-corrected chi connectivity index (χ4v) is 1.32. The second kappa shape index (κ2) is 6.20. The number of rotatable bonds is 6. The molecule has 0 saturated carbocycles. The van der Waals surface area contributed by atoms with Crippen molar-refractivity contribution in [2.24, 2.45) is 5.73 Å². The van der Waals surface area contributed by atoms with Gasteiger partial charge in [-0.1, -0.05) is 6.92 Å². The van der Waals surface area contributed by atoms with Crippen LogP contribution < -0.4 is 15.8 Å². The Morgan fingerprint density at radius 3 is 2.88 bits per heavy atom. The van der Waals surface area contributed by atoms with E-state index < -0.39 is 12.0 Å². The Labute approximate surface area is 101 Å². The summed E-state index contributed by atoms with van der Waals surface area (Å²) in [7, 11) is 0. The van der Waals surface area contributed by atoms with Crippen LogP contribution in [0.25, 0.3) is 0 Å². The third-order valence-electron chi connectivity index (χ3n) is 2.32. The van der Waals surface area contributed by atoms with Crippen molar-refractivity contribution in [3.8, 4) is 5.75 Å². The lowest BCUT2D eigenvalue weighted by molar-refractivity contribution is -0.124. The number of nitrogens with one attached hydrogen (secondary N) is 1. The highest BCUT2D eigenvalue weighted by atomic mass is 16.5. The Kier molecular flexibility index (Phi) is 4.90. The zero-order valence-electron chi connectivity index (χ0n) is 10.5. The summed E-state index contributed by atoms with van der Waals surface area (Å²) in [6.07, 6.45) is -0.653. The van der Waals surface area contributed by atoms with Gasteiger partial charge in [-0.25, -0.2) is 0 Å². The molecule has 3 N–H and O–H groups in total. The monoisotopic (exact) mass is 237 g/mol. The molecule has 1 aromatic rings. The van der Waals surface area contributed by atoms with Crippen molar-refractivity contribution >= 4 is 5.91 Å². The Balaban J connectivity index is 2.85. The van der Waals surface area contributed by atoms with E-state index >= 15 is 0 Å². The number of aromatic nitrogens is 1. The molecule has 17 heavy (non-hydrogen) atoms. The number of primary amides is 1. The summed E-state index contributed by atoms with van der Waals surface area (Å²) < 4.78 is 5.48. The Morgan fingerprint density at radius 1 is 1.59 bits per heavy atom. The van der Waals surface area contributed by atoms with Crippen LogP contribution in [0.15, 0.2) is 12.1 Å². The van der Waals surface area contributed by atoms with Gasteiger partial charge in [0.2, 0.25) is 0 Å². The number of nitrogens with two attached hydrogens (primary N) is 1. The lowest BCUT2D eigenvalue weighted by Gasteiger charge is -2.15. The smallest absolute Gasteiger partial charge is 0.258 e. The summed E-state index contributed by atoms with van der Waals surface area (Å²) in [6, 6.07) is 3.66. The van der Waals surface area contributed by atoms with Crippen LogP contribution in [-0.2, 0) is 11.3 Å². The van der Waals surface area contributed by atoms with E-state index in [0.29, 0.717) is 12.3 Å². The summed E-state index contributed by atoms with van der Waals surface area (Å²) in [6.45, 7) is 7.01. The second-order valence-corrected chi connectivity index (χ2v) is 3.84. The average Bonchev–Trinajstić information content (AvgIpc) is 2.29. The molecule has 5 heteroatoms. The van der Waals surface area contributed by atoms with Gasteiger partial charge in [-0.15, -0.1) is 0 Å². The molecule has 0 radical (unpaired) electrons. The van der Waals surface area contributed by atoms with Crippen LogP contribution in [0.3, 0.4) is 0 Å². The second-order valence-electron chi connectivity index (χ2n) is 3.84. The van der Waals surface area contributed by atoms with E-state index in [0.717, 1.165) is 17.9 Å². The van der Waals surface area contributed by atoms with E-state index in [2.05, 4.69) is 10.3 Å². The van der Waals surface area contributed by atoms with Crippen LogP contribution in [0.2, 0.25) is 0 Å². The first-order valence-corrected chi connectivity index (χ1v) is 5.67. The van der Waals surface area contributed by atoms with Crippen LogP contribution in [0.4, 0.5) is 0 Å². The fourth-order valence-electron chi connectivity index (χ4n) is 1.32. The van der Waals surface area contributed by atoms with E-state index in [9.17, 15) is 4.79 Å². The number of carbonyl (C=O) groups is 1. The molecule has 1 amide bonds. The fraction of sp³-hybridized carbons (Fsp3) is 0.500. The minimum Gasteiger partial charge on any atom is -0.479 e. The lowest BCUT2D eigenvalue weighted by atomic mass is 10.2. The summed E-state index contributed by atoms with van der Waals surface area (Å²) >= 11 is 0.